The molecule has 0 spiro atoms. The van der Waals surface area contributed by atoms with E-state index in [4.69, 9.17) is 0 Å². The first kappa shape index (κ1) is 13.2. The van der Waals surface area contributed by atoms with Gasteiger partial charge in [0.1, 0.15) is 0 Å². The number of amides is 1. The molecule has 0 fully saturated rings. The molecule has 0 radical (unpaired) electrons. The largest absolute Gasteiger partial charge is 0.796 e. The smallest absolute Gasteiger partial charge is 0.509 e. The van der Waals surface area contributed by atoms with E-state index >= 15 is 0 Å². The summed E-state index contributed by atoms with van der Waals surface area (Å²) in [6.45, 7) is 1.57. The first-order chi connectivity index (χ1) is 8.08. The topological polar surface area (TPSA) is 51.2 Å². The molecule has 0 aliphatic carbocycles. The molecular weight excluding hydrogens is 229 g/mol. The minimum Gasteiger partial charge on any atom is -0.509 e. The van der Waals surface area contributed by atoms with E-state index in [1.807, 2.05) is 0 Å². The molecule has 0 unspecified atom stereocenters. The number of halogens is 2. The number of nitrogens with zero attached hydrogens (tertiary/aromatic N) is 1. The Labute approximate surface area is 97.9 Å². The van der Waals surface area contributed by atoms with Crippen molar-refractivity contribution in [2.75, 3.05) is 0 Å². The molecule has 1 heterocycles. The fourth-order valence-corrected chi connectivity index (χ4v) is 1.10. The van der Waals surface area contributed by atoms with Crippen LogP contribution >= 0.6 is 0 Å². The molecule has 0 bridgehead atoms. The van der Waals surface area contributed by atoms with Crippen LogP contribution in [0.15, 0.2) is 36.4 Å². The van der Waals surface area contributed by atoms with Gasteiger partial charge >= 0.3 is 7.47 Å². The van der Waals surface area contributed by atoms with Gasteiger partial charge in [0.25, 0.3) is 0 Å². The highest BCUT2D eigenvalue weighted by molar-refractivity contribution is 6.34. The average Bonchev–Trinajstić information content (AvgIpc) is 2.26. The van der Waals surface area contributed by atoms with Crippen molar-refractivity contribution in [1.29, 1.82) is 0 Å². The van der Waals surface area contributed by atoms with E-state index in [1.165, 1.54) is 6.92 Å². The van der Waals surface area contributed by atoms with E-state index in [1.54, 1.807) is 24.5 Å². The summed E-state index contributed by atoms with van der Waals surface area (Å²) in [6, 6.07) is 3.53. The van der Waals surface area contributed by atoms with Crippen LogP contribution in [0.1, 0.15) is 12.5 Å². The molecule has 1 rings (SSSR count). The van der Waals surface area contributed by atoms with Crippen molar-refractivity contribution in [2.45, 2.75) is 13.5 Å². The van der Waals surface area contributed by atoms with Crippen LogP contribution in [0.2, 0.25) is 0 Å². The SMILES string of the molecule is C/C(=C/C(=O)NCc1cccnc1)OB(F)F. The zero-order valence-electron chi connectivity index (χ0n) is 9.19. The van der Waals surface area contributed by atoms with Gasteiger partial charge in [0.05, 0.1) is 5.76 Å². The average molecular weight is 240 g/mol. The number of rotatable bonds is 5. The van der Waals surface area contributed by atoms with Gasteiger partial charge in [-0.25, -0.2) is 8.63 Å². The van der Waals surface area contributed by atoms with Gasteiger partial charge in [-0.1, -0.05) is 6.07 Å². The van der Waals surface area contributed by atoms with Crippen molar-refractivity contribution in [3.63, 3.8) is 0 Å². The van der Waals surface area contributed by atoms with Crippen molar-refractivity contribution < 1.29 is 18.1 Å². The van der Waals surface area contributed by atoms with Crippen LogP contribution in [-0.4, -0.2) is 18.4 Å². The van der Waals surface area contributed by atoms with Crippen molar-refractivity contribution >= 4 is 13.4 Å². The predicted octanol–water partition coefficient (Wildman–Crippen LogP) is 1.54. The molecule has 0 atom stereocenters. The summed E-state index contributed by atoms with van der Waals surface area (Å²) in [7, 11) is -2.92. The lowest BCUT2D eigenvalue weighted by atomic mass is 10.3. The zero-order valence-corrected chi connectivity index (χ0v) is 9.19. The van der Waals surface area contributed by atoms with E-state index in [9.17, 15) is 13.4 Å². The molecule has 4 nitrogen and oxygen atoms in total. The number of allylic oxidation sites excluding steroid dienone is 1. The lowest BCUT2D eigenvalue weighted by molar-refractivity contribution is -0.116. The van der Waals surface area contributed by atoms with Crippen LogP contribution in [0, 0.1) is 0 Å². The maximum absolute atomic E-state index is 11.8. The second kappa shape index (κ2) is 6.62. The molecule has 0 aromatic carbocycles. The molecule has 1 aromatic heterocycles. The molecule has 90 valence electrons. The molecule has 0 saturated carbocycles. The van der Waals surface area contributed by atoms with Gasteiger partial charge in [-0.05, 0) is 18.6 Å². The maximum Gasteiger partial charge on any atom is 0.796 e. The third-order valence-corrected chi connectivity index (χ3v) is 1.80. The number of carbonyl (C=O) groups is 1. The van der Waals surface area contributed by atoms with Crippen molar-refractivity contribution in [2.24, 2.45) is 0 Å². The molecule has 1 amide bonds. The van der Waals surface area contributed by atoms with Gasteiger partial charge in [-0.2, -0.15) is 0 Å². The highest BCUT2D eigenvalue weighted by Crippen LogP contribution is 2.01. The van der Waals surface area contributed by atoms with Crippen molar-refractivity contribution in [3.8, 4) is 0 Å². The zero-order chi connectivity index (χ0) is 12.7. The molecule has 0 aliphatic rings. The third kappa shape index (κ3) is 5.65. The van der Waals surface area contributed by atoms with E-state index < -0.39 is 13.4 Å². The summed E-state index contributed by atoms with van der Waals surface area (Å²) in [5.41, 5.74) is 0.821. The molecule has 1 N–H and O–H groups in total. The molecule has 7 heteroatoms. The van der Waals surface area contributed by atoms with E-state index in [2.05, 4.69) is 15.0 Å². The van der Waals surface area contributed by atoms with E-state index in [-0.39, 0.29) is 12.3 Å². The Morgan fingerprint density at radius 3 is 3.00 bits per heavy atom. The Morgan fingerprint density at radius 2 is 2.41 bits per heavy atom. The second-order valence-corrected chi connectivity index (χ2v) is 3.21. The van der Waals surface area contributed by atoms with Crippen molar-refractivity contribution in [3.05, 3.63) is 41.9 Å². The summed E-state index contributed by atoms with van der Waals surface area (Å²) in [6.07, 6.45) is 4.20. The van der Waals surface area contributed by atoms with Crippen LogP contribution in [0.25, 0.3) is 0 Å². The minimum atomic E-state index is -2.92. The monoisotopic (exact) mass is 240 g/mol. The van der Waals surface area contributed by atoms with Crippen molar-refractivity contribution in [1.82, 2.24) is 10.3 Å². The molecule has 0 saturated heterocycles. The quantitative estimate of drug-likeness (QED) is 0.482. The third-order valence-electron chi connectivity index (χ3n) is 1.80. The fraction of sp³-hybridized carbons (Fsp3) is 0.200. The Morgan fingerprint density at radius 1 is 1.65 bits per heavy atom. The standard InChI is InChI=1S/C10H11BF2N2O2/c1-8(17-11(12)13)5-10(16)15-7-9-3-2-4-14-6-9/h2-6H,7H2,1H3,(H,15,16)/b8-5-. The molecular formula is C10H11BF2N2O2. The predicted molar refractivity (Wildman–Crippen MR) is 58.9 cm³/mol. The minimum absolute atomic E-state index is 0.135. The Hall–Kier alpha value is -1.92. The Balaban J connectivity index is 2.40. The van der Waals surface area contributed by atoms with E-state index in [0.29, 0.717) is 0 Å². The normalized spacial score (nSPS) is 10.9. The van der Waals surface area contributed by atoms with Crippen LogP contribution in [0.5, 0.6) is 0 Å². The number of hydrogen-bond donors (Lipinski definition) is 1. The summed E-state index contributed by atoms with van der Waals surface area (Å²) >= 11 is 0. The molecule has 17 heavy (non-hydrogen) atoms. The lowest BCUT2D eigenvalue weighted by Crippen LogP contribution is -2.21. The lowest BCUT2D eigenvalue weighted by Gasteiger charge is -2.04. The van der Waals surface area contributed by atoms with Gasteiger partial charge in [-0.15, -0.1) is 0 Å². The van der Waals surface area contributed by atoms with Crippen LogP contribution in [0.3, 0.4) is 0 Å². The van der Waals surface area contributed by atoms with E-state index in [0.717, 1.165) is 11.6 Å². The first-order valence-corrected chi connectivity index (χ1v) is 4.88. The Bertz CT molecular complexity index is 399. The summed E-state index contributed by atoms with van der Waals surface area (Å²) < 4.78 is 27.6. The summed E-state index contributed by atoms with van der Waals surface area (Å²) in [4.78, 5) is 15.1. The van der Waals surface area contributed by atoms with Gasteiger partial charge in [-0.3, -0.25) is 9.78 Å². The van der Waals surface area contributed by atoms with Gasteiger partial charge in [0.15, 0.2) is 0 Å². The maximum atomic E-state index is 11.8. The first-order valence-electron chi connectivity index (χ1n) is 4.88. The van der Waals surface area contributed by atoms with Crippen LogP contribution < -0.4 is 5.32 Å². The number of carbonyl (C=O) groups excluding carboxylic acids is 1. The van der Waals surface area contributed by atoms with Gasteiger partial charge in [0, 0.05) is 25.0 Å². The van der Waals surface area contributed by atoms with Crippen LogP contribution in [-0.2, 0) is 16.0 Å². The summed E-state index contributed by atoms with van der Waals surface area (Å²) in [5.74, 6) is -0.629. The molecule has 1 aromatic rings. The number of hydrogen-bond acceptors (Lipinski definition) is 3. The highest BCUT2D eigenvalue weighted by atomic mass is 19.2. The Kier molecular flexibility index (Phi) is 5.12. The fourth-order valence-electron chi connectivity index (χ4n) is 1.10. The number of aromatic nitrogens is 1. The molecule has 0 aliphatic heterocycles. The number of nitrogens with one attached hydrogen (secondary N) is 1. The van der Waals surface area contributed by atoms with Gasteiger partial charge < -0.3 is 9.97 Å². The number of pyridine rings is 1. The summed E-state index contributed by atoms with van der Waals surface area (Å²) in [5, 5.41) is 2.52. The van der Waals surface area contributed by atoms with Crippen LogP contribution in [0.4, 0.5) is 8.63 Å². The second-order valence-electron chi connectivity index (χ2n) is 3.21. The highest BCUT2D eigenvalue weighted by Gasteiger charge is 2.17. The van der Waals surface area contributed by atoms with Gasteiger partial charge in [0.2, 0.25) is 5.91 Å².